The Hall–Kier alpha value is -1.18. The third kappa shape index (κ3) is 2.23. The smallest absolute Gasteiger partial charge is 0.135 e. The molecule has 6 unspecified atom stereocenters. The highest BCUT2D eigenvalue weighted by Crippen LogP contribution is 2.58. The number of aldehydes is 1. The van der Waals surface area contributed by atoms with Crippen molar-refractivity contribution in [1.29, 1.82) is 0 Å². The molecule has 2 nitrogen and oxygen atoms in total. The van der Waals surface area contributed by atoms with Crippen LogP contribution in [0.3, 0.4) is 0 Å². The molecule has 0 radical (unpaired) electrons. The van der Waals surface area contributed by atoms with Gasteiger partial charge in [0.1, 0.15) is 12.1 Å². The lowest BCUT2D eigenvalue weighted by atomic mass is 9.48. The highest BCUT2D eigenvalue weighted by molar-refractivity contribution is 5.83. The lowest BCUT2D eigenvalue weighted by molar-refractivity contribution is -0.142. The zero-order valence-electron chi connectivity index (χ0n) is 14.1. The minimum absolute atomic E-state index is 0.0372. The lowest BCUT2D eigenvalue weighted by Crippen LogP contribution is -2.52. The molecule has 22 heavy (non-hydrogen) atoms. The van der Waals surface area contributed by atoms with Crippen molar-refractivity contribution in [3.05, 3.63) is 23.8 Å². The number of allylic oxidation sites excluding steroid dienone is 3. The molecule has 0 spiro atoms. The van der Waals surface area contributed by atoms with E-state index >= 15 is 0 Å². The second-order valence-corrected chi connectivity index (χ2v) is 8.07. The molecule has 3 rings (SSSR count). The molecular formula is C20H28O2. The highest BCUT2D eigenvalue weighted by Gasteiger charge is 2.54. The first kappa shape index (κ1) is 15.7. The molecule has 3 aliphatic carbocycles. The number of hydrogen-bond donors (Lipinski definition) is 0. The van der Waals surface area contributed by atoms with Crippen molar-refractivity contribution < 1.29 is 9.59 Å². The van der Waals surface area contributed by atoms with Crippen molar-refractivity contribution in [3.8, 4) is 0 Å². The number of hydrogen-bond acceptors (Lipinski definition) is 2. The van der Waals surface area contributed by atoms with E-state index in [0.29, 0.717) is 23.7 Å². The monoisotopic (exact) mass is 300 g/mol. The predicted molar refractivity (Wildman–Crippen MR) is 88.3 cm³/mol. The maximum atomic E-state index is 12.3. The highest BCUT2D eigenvalue weighted by atomic mass is 16.1. The summed E-state index contributed by atoms with van der Waals surface area (Å²) in [5.74, 6) is 2.15. The Bertz CT molecular complexity index is 544. The molecule has 0 heterocycles. The molecule has 0 aromatic rings. The minimum Gasteiger partial charge on any atom is -0.303 e. The Morgan fingerprint density at radius 2 is 2.09 bits per heavy atom. The van der Waals surface area contributed by atoms with Crippen LogP contribution in [0.1, 0.15) is 52.9 Å². The third-order valence-corrected chi connectivity index (χ3v) is 7.15. The van der Waals surface area contributed by atoms with Crippen LogP contribution in [0.2, 0.25) is 0 Å². The summed E-state index contributed by atoms with van der Waals surface area (Å²) in [5.41, 5.74) is 2.43. The van der Waals surface area contributed by atoms with Gasteiger partial charge in [0.15, 0.2) is 0 Å². The van der Waals surface area contributed by atoms with E-state index in [4.69, 9.17) is 0 Å². The molecule has 0 aliphatic heterocycles. The molecular weight excluding hydrogens is 272 g/mol. The Balaban J connectivity index is 1.98. The van der Waals surface area contributed by atoms with Gasteiger partial charge in [-0.2, -0.15) is 0 Å². The molecule has 0 bridgehead atoms. The van der Waals surface area contributed by atoms with Crippen LogP contribution in [0.4, 0.5) is 0 Å². The van der Waals surface area contributed by atoms with Crippen LogP contribution in [0.25, 0.3) is 0 Å². The fraction of sp³-hybridized carbons (Fsp3) is 0.700. The molecule has 6 atom stereocenters. The Kier molecular flexibility index (Phi) is 3.91. The van der Waals surface area contributed by atoms with Gasteiger partial charge in [0.05, 0.1) is 0 Å². The van der Waals surface area contributed by atoms with Gasteiger partial charge in [-0.3, -0.25) is 4.79 Å². The molecule has 0 saturated heterocycles. The number of rotatable bonds is 2. The van der Waals surface area contributed by atoms with Crippen LogP contribution in [0, 0.1) is 35.0 Å². The van der Waals surface area contributed by atoms with E-state index in [9.17, 15) is 9.59 Å². The summed E-state index contributed by atoms with van der Waals surface area (Å²) in [6.07, 6.45) is 8.61. The van der Waals surface area contributed by atoms with E-state index in [1.54, 1.807) is 6.92 Å². The van der Waals surface area contributed by atoms with Crippen molar-refractivity contribution in [2.45, 2.75) is 52.9 Å². The molecule has 2 heteroatoms. The van der Waals surface area contributed by atoms with E-state index in [1.165, 1.54) is 11.1 Å². The van der Waals surface area contributed by atoms with E-state index in [0.717, 1.165) is 38.4 Å². The standard InChI is InChI=1S/C20H28O2/c1-12-5-7-18-15(9-12)6-8-17-13(2)20(4,14(3)22)10-16(11-21)19(17)18/h9,11,13,16-19H,1,5-8,10H2,2-4H3. The van der Waals surface area contributed by atoms with Gasteiger partial charge in [-0.05, 0) is 62.7 Å². The molecule has 0 aromatic carbocycles. The van der Waals surface area contributed by atoms with Gasteiger partial charge in [0.25, 0.3) is 0 Å². The van der Waals surface area contributed by atoms with Gasteiger partial charge >= 0.3 is 0 Å². The number of Topliss-reactive ketones (excluding diaryl/α,β-unsaturated/α-hetero) is 1. The summed E-state index contributed by atoms with van der Waals surface area (Å²) in [6, 6.07) is 0. The average Bonchev–Trinajstić information content (AvgIpc) is 2.49. The van der Waals surface area contributed by atoms with Crippen LogP contribution < -0.4 is 0 Å². The summed E-state index contributed by atoms with van der Waals surface area (Å²) in [4.78, 5) is 24.1. The van der Waals surface area contributed by atoms with Crippen LogP contribution in [0.5, 0.6) is 0 Å². The fourth-order valence-corrected chi connectivity index (χ4v) is 5.58. The van der Waals surface area contributed by atoms with Crippen molar-refractivity contribution in [2.24, 2.45) is 35.0 Å². The Morgan fingerprint density at radius 1 is 1.36 bits per heavy atom. The fourth-order valence-electron chi connectivity index (χ4n) is 5.58. The molecule has 120 valence electrons. The third-order valence-electron chi connectivity index (χ3n) is 7.15. The second-order valence-electron chi connectivity index (χ2n) is 8.07. The first-order valence-corrected chi connectivity index (χ1v) is 8.73. The van der Waals surface area contributed by atoms with E-state index < -0.39 is 0 Å². The largest absolute Gasteiger partial charge is 0.303 e. The van der Waals surface area contributed by atoms with E-state index in [-0.39, 0.29) is 17.1 Å². The quantitative estimate of drug-likeness (QED) is 0.710. The van der Waals surface area contributed by atoms with E-state index in [2.05, 4.69) is 26.5 Å². The van der Waals surface area contributed by atoms with Crippen LogP contribution in [-0.4, -0.2) is 12.1 Å². The summed E-state index contributed by atoms with van der Waals surface area (Å²) < 4.78 is 0. The zero-order chi connectivity index (χ0) is 16.1. The number of carbonyl (C=O) groups is 2. The molecule has 0 N–H and O–H groups in total. The maximum Gasteiger partial charge on any atom is 0.135 e. The molecule has 0 amide bonds. The SMILES string of the molecule is C=C1C=C2CCC3C(C(C=O)CC(C)(C(C)=O)C3C)C2CC1. The maximum absolute atomic E-state index is 12.3. The van der Waals surface area contributed by atoms with Crippen molar-refractivity contribution in [2.75, 3.05) is 0 Å². The van der Waals surface area contributed by atoms with Crippen LogP contribution >= 0.6 is 0 Å². The molecule has 2 saturated carbocycles. The van der Waals surface area contributed by atoms with Crippen molar-refractivity contribution in [1.82, 2.24) is 0 Å². The van der Waals surface area contributed by atoms with Gasteiger partial charge in [0, 0.05) is 11.3 Å². The van der Waals surface area contributed by atoms with Gasteiger partial charge < -0.3 is 4.79 Å². The summed E-state index contributed by atoms with van der Waals surface area (Å²) in [7, 11) is 0. The van der Waals surface area contributed by atoms with Crippen molar-refractivity contribution in [3.63, 3.8) is 0 Å². The minimum atomic E-state index is -0.327. The van der Waals surface area contributed by atoms with Crippen LogP contribution in [0.15, 0.2) is 23.8 Å². The summed E-state index contributed by atoms with van der Waals surface area (Å²) in [5, 5.41) is 0. The number of carbonyl (C=O) groups excluding carboxylic acids is 2. The Labute approximate surface area is 134 Å². The van der Waals surface area contributed by atoms with Crippen LogP contribution in [-0.2, 0) is 9.59 Å². The van der Waals surface area contributed by atoms with Gasteiger partial charge in [-0.15, -0.1) is 0 Å². The van der Waals surface area contributed by atoms with E-state index in [1.807, 2.05) is 0 Å². The first-order chi connectivity index (χ1) is 10.4. The number of ketones is 1. The normalized spacial score (nSPS) is 44.6. The lowest BCUT2D eigenvalue weighted by Gasteiger charge is -2.55. The molecule has 0 aromatic heterocycles. The zero-order valence-corrected chi connectivity index (χ0v) is 14.1. The Morgan fingerprint density at radius 3 is 2.73 bits per heavy atom. The van der Waals surface area contributed by atoms with Gasteiger partial charge in [-0.25, -0.2) is 0 Å². The topological polar surface area (TPSA) is 34.1 Å². The van der Waals surface area contributed by atoms with Gasteiger partial charge in [0.2, 0.25) is 0 Å². The summed E-state index contributed by atoms with van der Waals surface area (Å²) >= 11 is 0. The molecule has 2 fully saturated rings. The molecule has 3 aliphatic rings. The second kappa shape index (κ2) is 5.47. The van der Waals surface area contributed by atoms with Crippen molar-refractivity contribution >= 4 is 12.1 Å². The number of fused-ring (bicyclic) bond motifs is 3. The average molecular weight is 300 g/mol. The first-order valence-electron chi connectivity index (χ1n) is 8.73. The summed E-state index contributed by atoms with van der Waals surface area (Å²) in [6.45, 7) is 10.2. The predicted octanol–water partition coefficient (Wildman–Crippen LogP) is 4.36. The van der Waals surface area contributed by atoms with Gasteiger partial charge in [-0.1, -0.05) is 37.6 Å².